The van der Waals surface area contributed by atoms with Gasteiger partial charge in [0.25, 0.3) is 5.91 Å². The summed E-state index contributed by atoms with van der Waals surface area (Å²) in [6.45, 7) is 4.31. The molecule has 1 aromatic carbocycles. The van der Waals surface area contributed by atoms with Crippen LogP contribution >= 0.6 is 11.6 Å². The van der Waals surface area contributed by atoms with Gasteiger partial charge in [0.15, 0.2) is 22.5 Å². The van der Waals surface area contributed by atoms with Crippen molar-refractivity contribution in [2.45, 2.75) is 31.1 Å². The fourth-order valence-electron chi connectivity index (χ4n) is 3.13. The SMILES string of the molecule is Cc1ccc(S(=O)(=O)NCCCCC[N+](C)(C)CCNC(=O)c2nc(Cl)c(N)nc2N)cc1.[Br-]. The van der Waals surface area contributed by atoms with Crippen molar-refractivity contribution in [3.8, 4) is 0 Å². The molecule has 0 bridgehead atoms. The summed E-state index contributed by atoms with van der Waals surface area (Å²) in [6, 6.07) is 6.78. The van der Waals surface area contributed by atoms with Gasteiger partial charge in [-0.1, -0.05) is 29.3 Å². The van der Waals surface area contributed by atoms with Crippen molar-refractivity contribution in [1.82, 2.24) is 20.0 Å². The van der Waals surface area contributed by atoms with Crippen molar-refractivity contribution in [2.24, 2.45) is 0 Å². The maximum absolute atomic E-state index is 12.3. The van der Waals surface area contributed by atoms with Crippen LogP contribution in [0, 0.1) is 6.92 Å². The zero-order valence-corrected chi connectivity index (χ0v) is 22.8. The normalized spacial score (nSPS) is 11.6. The van der Waals surface area contributed by atoms with E-state index in [4.69, 9.17) is 23.1 Å². The number of carbonyl (C=O) groups excluding carboxylic acids is 1. The Morgan fingerprint density at radius 3 is 2.29 bits per heavy atom. The van der Waals surface area contributed by atoms with Gasteiger partial charge >= 0.3 is 0 Å². The van der Waals surface area contributed by atoms with Gasteiger partial charge in [-0.3, -0.25) is 4.79 Å². The Labute approximate surface area is 216 Å². The summed E-state index contributed by atoms with van der Waals surface area (Å²) >= 11 is 5.82. The second-order valence-corrected chi connectivity index (χ2v) is 10.7. The number of unbranched alkanes of at least 4 members (excludes halogenated alkanes) is 2. The summed E-state index contributed by atoms with van der Waals surface area (Å²) in [5.41, 5.74) is 12.2. The van der Waals surface area contributed by atoms with Gasteiger partial charge in [0.05, 0.1) is 38.6 Å². The Morgan fingerprint density at radius 2 is 1.65 bits per heavy atom. The smallest absolute Gasteiger partial charge is 0.273 e. The lowest BCUT2D eigenvalue weighted by Gasteiger charge is -2.30. The number of halogens is 2. The number of sulfonamides is 1. The van der Waals surface area contributed by atoms with Crippen molar-refractivity contribution < 1.29 is 34.7 Å². The minimum atomic E-state index is -3.47. The van der Waals surface area contributed by atoms with Crippen LogP contribution in [0.4, 0.5) is 11.6 Å². The van der Waals surface area contributed by atoms with Crippen LogP contribution < -0.4 is 38.5 Å². The number of likely N-dealkylation sites (N-methyl/N-ethyl adjacent to an activating group) is 1. The Balaban J connectivity index is 0.00000578. The van der Waals surface area contributed by atoms with Gasteiger partial charge in [0.1, 0.15) is 0 Å². The number of aromatic nitrogens is 2. The summed E-state index contributed by atoms with van der Waals surface area (Å²) in [6.07, 6.45) is 2.57. The first-order valence-corrected chi connectivity index (χ1v) is 12.5. The lowest BCUT2D eigenvalue weighted by Crippen LogP contribution is -3.00. The summed E-state index contributed by atoms with van der Waals surface area (Å²) < 4.78 is 27.9. The molecule has 1 aromatic heterocycles. The molecule has 0 unspecified atom stereocenters. The molecule has 0 spiro atoms. The van der Waals surface area contributed by atoms with E-state index < -0.39 is 15.9 Å². The number of hydrogen-bond acceptors (Lipinski definition) is 7. The number of nitrogens with one attached hydrogen (secondary N) is 2. The van der Waals surface area contributed by atoms with Gasteiger partial charge in [-0.05, 0) is 38.3 Å². The molecule has 0 radical (unpaired) electrons. The molecule has 0 saturated heterocycles. The van der Waals surface area contributed by atoms with Crippen molar-refractivity contribution >= 4 is 39.2 Å². The second-order valence-electron chi connectivity index (χ2n) is 8.54. The minimum Gasteiger partial charge on any atom is -1.00 e. The number of rotatable bonds is 12. The zero-order chi connectivity index (χ0) is 24.6. The van der Waals surface area contributed by atoms with E-state index in [1.807, 2.05) is 6.92 Å². The van der Waals surface area contributed by atoms with E-state index in [1.54, 1.807) is 24.3 Å². The van der Waals surface area contributed by atoms with E-state index in [0.29, 0.717) is 24.1 Å². The van der Waals surface area contributed by atoms with Crippen molar-refractivity contribution in [3.63, 3.8) is 0 Å². The highest BCUT2D eigenvalue weighted by Gasteiger charge is 2.19. The van der Waals surface area contributed by atoms with Gasteiger partial charge < -0.3 is 38.2 Å². The van der Waals surface area contributed by atoms with E-state index in [9.17, 15) is 13.2 Å². The second kappa shape index (κ2) is 13.2. The maximum atomic E-state index is 12.3. The number of quaternary nitrogens is 1. The number of amides is 1. The lowest BCUT2D eigenvalue weighted by molar-refractivity contribution is -0.889. The van der Waals surface area contributed by atoms with E-state index in [1.165, 1.54) is 0 Å². The number of hydrogen-bond donors (Lipinski definition) is 4. The van der Waals surface area contributed by atoms with Crippen LogP contribution in [0.25, 0.3) is 0 Å². The van der Waals surface area contributed by atoms with Crippen LogP contribution in [0.3, 0.4) is 0 Å². The number of nitrogens with two attached hydrogens (primary N) is 2. The molecule has 0 aliphatic heterocycles. The van der Waals surface area contributed by atoms with Crippen LogP contribution in [0.15, 0.2) is 29.2 Å². The third-order valence-electron chi connectivity index (χ3n) is 5.19. The van der Waals surface area contributed by atoms with Crippen LogP contribution in [0.5, 0.6) is 0 Å². The highest BCUT2D eigenvalue weighted by Crippen LogP contribution is 2.17. The molecular formula is C21H33BrClN7O3S. The molecule has 0 aliphatic carbocycles. The van der Waals surface area contributed by atoms with Crippen molar-refractivity contribution in [2.75, 3.05) is 51.7 Å². The molecule has 0 fully saturated rings. The molecule has 0 atom stereocenters. The Hall–Kier alpha value is -1.99. The first kappa shape index (κ1) is 30.0. The van der Waals surface area contributed by atoms with Crippen LogP contribution in [-0.4, -0.2) is 69.1 Å². The van der Waals surface area contributed by atoms with E-state index in [2.05, 4.69) is 34.1 Å². The van der Waals surface area contributed by atoms with Crippen LogP contribution in [0.2, 0.25) is 5.15 Å². The van der Waals surface area contributed by atoms with Gasteiger partial charge in [-0.2, -0.15) is 0 Å². The number of carbonyl (C=O) groups is 1. The number of nitrogen functional groups attached to an aromatic ring is 2. The Bertz CT molecular complexity index is 1070. The number of anilines is 2. The fourth-order valence-corrected chi connectivity index (χ4v) is 4.33. The third kappa shape index (κ3) is 9.34. The number of benzene rings is 1. The average molecular weight is 579 g/mol. The van der Waals surface area contributed by atoms with E-state index in [-0.39, 0.29) is 44.4 Å². The predicted molar refractivity (Wildman–Crippen MR) is 130 cm³/mol. The molecular weight excluding hydrogens is 546 g/mol. The molecule has 1 heterocycles. The van der Waals surface area contributed by atoms with Crippen molar-refractivity contribution in [3.05, 3.63) is 40.7 Å². The topological polar surface area (TPSA) is 153 Å². The Kier molecular flexibility index (Phi) is 11.7. The molecule has 6 N–H and O–H groups in total. The van der Waals surface area contributed by atoms with Gasteiger partial charge in [0, 0.05) is 6.54 Å². The number of aryl methyl sites for hydroxylation is 1. The largest absolute Gasteiger partial charge is 1.00 e. The predicted octanol–water partition coefficient (Wildman–Crippen LogP) is -1.44. The molecule has 0 aliphatic rings. The van der Waals surface area contributed by atoms with Gasteiger partial charge in [-0.25, -0.2) is 23.1 Å². The molecule has 13 heteroatoms. The molecule has 2 rings (SSSR count). The van der Waals surface area contributed by atoms with Crippen LogP contribution in [-0.2, 0) is 10.0 Å². The average Bonchev–Trinajstić information content (AvgIpc) is 2.73. The monoisotopic (exact) mass is 577 g/mol. The molecule has 10 nitrogen and oxygen atoms in total. The first-order chi connectivity index (χ1) is 15.4. The van der Waals surface area contributed by atoms with E-state index >= 15 is 0 Å². The van der Waals surface area contributed by atoms with Crippen LogP contribution in [0.1, 0.15) is 35.3 Å². The molecule has 0 saturated carbocycles. The third-order valence-corrected chi connectivity index (χ3v) is 6.94. The highest BCUT2D eigenvalue weighted by atomic mass is 79.9. The van der Waals surface area contributed by atoms with Crippen molar-refractivity contribution in [1.29, 1.82) is 0 Å². The molecule has 1 amide bonds. The minimum absolute atomic E-state index is 0. The molecule has 2 aromatic rings. The molecule has 190 valence electrons. The van der Waals surface area contributed by atoms with E-state index in [0.717, 1.165) is 31.4 Å². The fraction of sp³-hybridized carbons (Fsp3) is 0.476. The Morgan fingerprint density at radius 1 is 1.00 bits per heavy atom. The standard InChI is InChI=1S/C21H32ClN7O3S.BrH/c1-15-7-9-16(10-8-15)33(31,32)26-11-5-4-6-13-29(2,3)14-12-25-21(30)17-19(23)28-20(24)18(22)27-17;/h7-10,26H,4-6,11-14H2,1-3H3,(H4-,23,24,25,28,30);1H. The zero-order valence-electron chi connectivity index (χ0n) is 19.6. The summed E-state index contributed by atoms with van der Waals surface area (Å²) in [4.78, 5) is 20.3. The lowest BCUT2D eigenvalue weighted by atomic mass is 10.2. The van der Waals surface area contributed by atoms with Gasteiger partial charge in [0.2, 0.25) is 10.0 Å². The summed E-state index contributed by atoms with van der Waals surface area (Å²) in [5.74, 6) is -0.546. The van der Waals surface area contributed by atoms with Gasteiger partial charge in [-0.15, -0.1) is 0 Å². The maximum Gasteiger partial charge on any atom is 0.273 e. The molecule has 34 heavy (non-hydrogen) atoms. The quantitative estimate of drug-likeness (QED) is 0.178. The summed E-state index contributed by atoms with van der Waals surface area (Å²) in [5, 5.41) is 2.71. The highest BCUT2D eigenvalue weighted by molar-refractivity contribution is 7.89. The summed E-state index contributed by atoms with van der Waals surface area (Å²) in [7, 11) is 0.668. The first-order valence-electron chi connectivity index (χ1n) is 10.7. The number of nitrogens with zero attached hydrogens (tertiary/aromatic N) is 3.